The van der Waals surface area contributed by atoms with E-state index in [-0.39, 0.29) is 0 Å². The van der Waals surface area contributed by atoms with E-state index in [1.54, 1.807) is 24.2 Å². The number of rotatable bonds is 0. The topological polar surface area (TPSA) is 37.8 Å². The van der Waals surface area contributed by atoms with Gasteiger partial charge in [0.1, 0.15) is 5.03 Å². The number of nitrogens with one attached hydrogen (secondary N) is 1. The van der Waals surface area contributed by atoms with Gasteiger partial charge < -0.3 is 5.32 Å². The molecule has 5 heteroatoms. The van der Waals surface area contributed by atoms with E-state index in [0.717, 1.165) is 21.4 Å². The molecule has 3 rings (SSSR count). The Hall–Kier alpha value is -1.26. The molecule has 0 spiro atoms. The Morgan fingerprint density at radius 3 is 3.00 bits per heavy atom. The molecule has 1 aromatic carbocycles. The molecule has 1 N–H and O–H groups in total. The lowest BCUT2D eigenvalue weighted by Gasteiger charge is -2.18. The summed E-state index contributed by atoms with van der Waals surface area (Å²) in [5.41, 5.74) is 0.987. The van der Waals surface area contributed by atoms with Gasteiger partial charge in [-0.2, -0.15) is 0 Å². The van der Waals surface area contributed by atoms with Gasteiger partial charge in [0.05, 0.1) is 5.69 Å². The van der Waals surface area contributed by atoms with Crippen molar-refractivity contribution in [3.8, 4) is 0 Å². The molecule has 1 aromatic heterocycles. The van der Waals surface area contributed by atoms with E-state index in [1.165, 1.54) is 0 Å². The minimum atomic E-state index is 0.717. The summed E-state index contributed by atoms with van der Waals surface area (Å²) in [6, 6.07) is 5.74. The summed E-state index contributed by atoms with van der Waals surface area (Å²) < 4.78 is 0. The highest BCUT2D eigenvalue weighted by molar-refractivity contribution is 7.99. The van der Waals surface area contributed by atoms with Crippen molar-refractivity contribution >= 4 is 34.9 Å². The van der Waals surface area contributed by atoms with Crippen molar-refractivity contribution < 1.29 is 0 Å². The maximum Gasteiger partial charge on any atom is 0.163 e. The molecule has 0 fully saturated rings. The first-order valence-electron chi connectivity index (χ1n) is 4.38. The summed E-state index contributed by atoms with van der Waals surface area (Å²) >= 11 is 7.51. The first-order valence-corrected chi connectivity index (χ1v) is 5.58. The summed E-state index contributed by atoms with van der Waals surface area (Å²) in [6.45, 7) is 0. The van der Waals surface area contributed by atoms with Gasteiger partial charge in [-0.1, -0.05) is 23.4 Å². The van der Waals surface area contributed by atoms with Crippen LogP contribution in [0.5, 0.6) is 0 Å². The van der Waals surface area contributed by atoms with Crippen LogP contribution in [-0.2, 0) is 0 Å². The van der Waals surface area contributed by atoms with Gasteiger partial charge in [-0.3, -0.25) is 0 Å². The number of aromatic nitrogens is 2. The summed E-state index contributed by atoms with van der Waals surface area (Å²) in [4.78, 5) is 9.57. The average Bonchev–Trinajstić information content (AvgIpc) is 2.26. The fraction of sp³-hybridized carbons (Fsp3) is 0. The molecule has 74 valence electrons. The zero-order valence-corrected chi connectivity index (χ0v) is 9.14. The summed E-state index contributed by atoms with van der Waals surface area (Å²) in [5.74, 6) is 0.789. The molecule has 1 aliphatic rings. The van der Waals surface area contributed by atoms with Crippen LogP contribution in [0.25, 0.3) is 0 Å². The molecule has 15 heavy (non-hydrogen) atoms. The molecule has 1 aliphatic heterocycles. The third-order valence-corrected chi connectivity index (χ3v) is 3.37. The summed E-state index contributed by atoms with van der Waals surface area (Å²) in [5, 5.41) is 4.81. The number of benzene rings is 1. The van der Waals surface area contributed by atoms with Crippen LogP contribution in [0.2, 0.25) is 5.02 Å². The minimum Gasteiger partial charge on any atom is -0.337 e. The van der Waals surface area contributed by atoms with Crippen LogP contribution < -0.4 is 5.32 Å². The third-order valence-electron chi connectivity index (χ3n) is 2.07. The summed E-state index contributed by atoms with van der Waals surface area (Å²) in [6.07, 6.45) is 3.36. The molecule has 0 saturated heterocycles. The first-order chi connectivity index (χ1) is 7.33. The van der Waals surface area contributed by atoms with E-state index in [1.807, 2.05) is 18.2 Å². The van der Waals surface area contributed by atoms with Gasteiger partial charge in [0, 0.05) is 22.3 Å². The Morgan fingerprint density at radius 1 is 1.20 bits per heavy atom. The molecule has 2 aromatic rings. The molecule has 0 saturated carbocycles. The maximum absolute atomic E-state index is 5.92. The highest BCUT2D eigenvalue weighted by atomic mass is 35.5. The van der Waals surface area contributed by atoms with Crippen LogP contribution in [0, 0.1) is 0 Å². The van der Waals surface area contributed by atoms with Gasteiger partial charge in [0.25, 0.3) is 0 Å². The molecule has 0 amide bonds. The quantitative estimate of drug-likeness (QED) is 0.649. The fourth-order valence-corrected chi connectivity index (χ4v) is 2.46. The van der Waals surface area contributed by atoms with Crippen LogP contribution in [0.3, 0.4) is 0 Å². The van der Waals surface area contributed by atoms with E-state index in [0.29, 0.717) is 5.02 Å². The van der Waals surface area contributed by atoms with Gasteiger partial charge in [-0.05, 0) is 18.2 Å². The van der Waals surface area contributed by atoms with E-state index in [9.17, 15) is 0 Å². The Kier molecular flexibility index (Phi) is 2.04. The molecule has 0 atom stereocenters. The maximum atomic E-state index is 5.92. The second kappa shape index (κ2) is 3.40. The lowest BCUT2D eigenvalue weighted by Crippen LogP contribution is -2.02. The van der Waals surface area contributed by atoms with Crippen LogP contribution in [-0.4, -0.2) is 9.97 Å². The minimum absolute atomic E-state index is 0.717. The van der Waals surface area contributed by atoms with Crippen molar-refractivity contribution in [1.29, 1.82) is 0 Å². The Labute approximate surface area is 95.9 Å². The third kappa shape index (κ3) is 1.56. The molecule has 0 aliphatic carbocycles. The molecular weight excluding hydrogens is 230 g/mol. The molecule has 2 heterocycles. The lowest BCUT2D eigenvalue weighted by molar-refractivity contribution is 1.05. The summed E-state index contributed by atoms with van der Waals surface area (Å²) in [7, 11) is 0. The second-order valence-electron chi connectivity index (χ2n) is 3.08. The number of hydrogen-bond acceptors (Lipinski definition) is 4. The number of nitrogens with zero attached hydrogens (tertiary/aromatic N) is 2. The van der Waals surface area contributed by atoms with Crippen molar-refractivity contribution in [3.05, 3.63) is 35.6 Å². The molecule has 0 radical (unpaired) electrons. The van der Waals surface area contributed by atoms with E-state index in [4.69, 9.17) is 11.6 Å². The lowest BCUT2D eigenvalue weighted by atomic mass is 10.3. The highest BCUT2D eigenvalue weighted by Gasteiger charge is 2.17. The molecule has 3 nitrogen and oxygen atoms in total. The number of anilines is 2. The number of hydrogen-bond donors (Lipinski definition) is 1. The fourth-order valence-electron chi connectivity index (χ4n) is 1.41. The SMILES string of the molecule is Clc1ccc2c(c1)Nc1nccnc1S2. The predicted molar refractivity (Wildman–Crippen MR) is 60.9 cm³/mol. The van der Waals surface area contributed by atoms with Gasteiger partial charge in [0.2, 0.25) is 0 Å². The van der Waals surface area contributed by atoms with Gasteiger partial charge >= 0.3 is 0 Å². The molecule has 0 bridgehead atoms. The van der Waals surface area contributed by atoms with Crippen molar-refractivity contribution in [1.82, 2.24) is 9.97 Å². The predicted octanol–water partition coefficient (Wildman–Crippen LogP) is 3.34. The standard InChI is InChI=1S/C10H6ClN3S/c11-6-1-2-8-7(5-6)14-9-10(15-8)13-4-3-12-9/h1-5H,(H,12,14). The Morgan fingerprint density at radius 2 is 2.07 bits per heavy atom. The normalized spacial score (nSPS) is 12.6. The molecular formula is C10H6ClN3S. The van der Waals surface area contributed by atoms with Crippen LogP contribution in [0.1, 0.15) is 0 Å². The largest absolute Gasteiger partial charge is 0.337 e. The van der Waals surface area contributed by atoms with Gasteiger partial charge in [0.15, 0.2) is 5.82 Å². The van der Waals surface area contributed by atoms with Gasteiger partial charge in [-0.25, -0.2) is 9.97 Å². The van der Waals surface area contributed by atoms with E-state index >= 15 is 0 Å². The Balaban J connectivity index is 2.11. The van der Waals surface area contributed by atoms with Crippen LogP contribution >= 0.6 is 23.4 Å². The first kappa shape index (κ1) is 9.00. The number of fused-ring (bicyclic) bond motifs is 2. The van der Waals surface area contributed by atoms with Crippen molar-refractivity contribution in [2.45, 2.75) is 9.92 Å². The highest BCUT2D eigenvalue weighted by Crippen LogP contribution is 2.42. The van der Waals surface area contributed by atoms with Crippen LogP contribution in [0.4, 0.5) is 11.5 Å². The number of halogens is 1. The average molecular weight is 236 g/mol. The Bertz CT molecular complexity index is 530. The zero-order valence-electron chi connectivity index (χ0n) is 7.57. The van der Waals surface area contributed by atoms with Crippen LogP contribution in [0.15, 0.2) is 40.5 Å². The van der Waals surface area contributed by atoms with Gasteiger partial charge in [-0.15, -0.1) is 0 Å². The molecule has 0 unspecified atom stereocenters. The zero-order chi connectivity index (χ0) is 10.3. The van der Waals surface area contributed by atoms with E-state index < -0.39 is 0 Å². The second-order valence-corrected chi connectivity index (χ2v) is 4.54. The monoisotopic (exact) mass is 235 g/mol. The van der Waals surface area contributed by atoms with Crippen molar-refractivity contribution in [3.63, 3.8) is 0 Å². The van der Waals surface area contributed by atoms with Crippen molar-refractivity contribution in [2.24, 2.45) is 0 Å². The van der Waals surface area contributed by atoms with E-state index in [2.05, 4.69) is 15.3 Å². The smallest absolute Gasteiger partial charge is 0.163 e. The van der Waals surface area contributed by atoms with Crippen molar-refractivity contribution in [2.75, 3.05) is 5.32 Å².